The molecule has 5 nitrogen and oxygen atoms in total. The molecule has 1 atom stereocenters. The van der Waals surface area contributed by atoms with E-state index < -0.39 is 0 Å². The first-order chi connectivity index (χ1) is 10.7. The predicted octanol–water partition coefficient (Wildman–Crippen LogP) is 1.64. The van der Waals surface area contributed by atoms with Gasteiger partial charge in [0.15, 0.2) is 0 Å². The lowest BCUT2D eigenvalue weighted by Crippen LogP contribution is -2.57. The van der Waals surface area contributed by atoms with Gasteiger partial charge in [-0.25, -0.2) is 4.79 Å². The first-order valence-electron chi connectivity index (χ1n) is 8.13. The summed E-state index contributed by atoms with van der Waals surface area (Å²) in [4.78, 5) is 18.9. The highest BCUT2D eigenvalue weighted by atomic mass is 16.5. The Morgan fingerprint density at radius 1 is 1.09 bits per heavy atom. The van der Waals surface area contributed by atoms with Crippen LogP contribution in [0.5, 0.6) is 0 Å². The molecule has 0 spiro atoms. The summed E-state index contributed by atoms with van der Waals surface area (Å²) in [7, 11) is 0. The summed E-state index contributed by atoms with van der Waals surface area (Å²) in [5.41, 5.74) is 1.34. The molecule has 0 aliphatic carbocycles. The summed E-state index contributed by atoms with van der Waals surface area (Å²) in [6.07, 6.45) is 0. The fourth-order valence-corrected chi connectivity index (χ4v) is 3.18. The van der Waals surface area contributed by atoms with Crippen LogP contribution in [0, 0.1) is 0 Å². The molecule has 0 bridgehead atoms. The Hall–Kier alpha value is -1.59. The molecule has 2 saturated heterocycles. The zero-order valence-electron chi connectivity index (χ0n) is 13.3. The normalized spacial score (nSPS) is 23.6. The van der Waals surface area contributed by atoms with E-state index in [0.29, 0.717) is 19.3 Å². The van der Waals surface area contributed by atoms with Crippen LogP contribution in [0.3, 0.4) is 0 Å². The summed E-state index contributed by atoms with van der Waals surface area (Å²) in [6, 6.07) is 11.1. The second kappa shape index (κ2) is 7.11. The van der Waals surface area contributed by atoms with Crippen molar-refractivity contribution in [2.75, 3.05) is 45.9 Å². The summed E-state index contributed by atoms with van der Waals surface area (Å²) in [5.74, 6) is 0. The van der Waals surface area contributed by atoms with Crippen LogP contribution in [0.25, 0.3) is 0 Å². The topological polar surface area (TPSA) is 36.0 Å². The first kappa shape index (κ1) is 15.3. The van der Waals surface area contributed by atoms with E-state index in [1.54, 1.807) is 0 Å². The van der Waals surface area contributed by atoms with Gasteiger partial charge in [-0.05, 0) is 12.5 Å². The second-order valence-corrected chi connectivity index (χ2v) is 6.13. The number of urea groups is 1. The maximum atomic E-state index is 12.5. The maximum absolute atomic E-state index is 12.5. The van der Waals surface area contributed by atoms with Gasteiger partial charge in [-0.3, -0.25) is 4.90 Å². The van der Waals surface area contributed by atoms with Crippen molar-refractivity contribution in [1.82, 2.24) is 14.7 Å². The maximum Gasteiger partial charge on any atom is 0.320 e. The highest BCUT2D eigenvalue weighted by Crippen LogP contribution is 2.15. The zero-order chi connectivity index (χ0) is 15.4. The number of carbonyl (C=O) groups excluding carboxylic acids is 1. The number of piperazine rings is 1. The van der Waals surface area contributed by atoms with Gasteiger partial charge in [0.1, 0.15) is 0 Å². The van der Waals surface area contributed by atoms with E-state index in [-0.39, 0.29) is 6.03 Å². The molecule has 2 fully saturated rings. The third-order valence-electron chi connectivity index (χ3n) is 4.55. The number of carbonyl (C=O) groups is 1. The number of morpholine rings is 1. The fourth-order valence-electron chi connectivity index (χ4n) is 3.18. The average Bonchev–Trinajstić information content (AvgIpc) is 2.58. The molecule has 2 amide bonds. The molecule has 5 heteroatoms. The lowest BCUT2D eigenvalue weighted by molar-refractivity contribution is 0.0305. The van der Waals surface area contributed by atoms with Gasteiger partial charge in [0.05, 0.1) is 13.2 Å². The van der Waals surface area contributed by atoms with Crippen LogP contribution in [0.4, 0.5) is 4.79 Å². The molecule has 3 rings (SSSR count). The molecule has 0 radical (unpaired) electrons. The van der Waals surface area contributed by atoms with Gasteiger partial charge in [-0.2, -0.15) is 0 Å². The van der Waals surface area contributed by atoms with Crippen molar-refractivity contribution < 1.29 is 9.53 Å². The molecule has 0 N–H and O–H groups in total. The Bertz CT molecular complexity index is 488. The van der Waals surface area contributed by atoms with Gasteiger partial charge >= 0.3 is 6.03 Å². The lowest BCUT2D eigenvalue weighted by Gasteiger charge is -2.42. The van der Waals surface area contributed by atoms with Crippen LogP contribution in [-0.2, 0) is 11.3 Å². The molecule has 1 unspecified atom stereocenters. The molecular weight excluding hydrogens is 278 g/mol. The zero-order valence-corrected chi connectivity index (χ0v) is 13.3. The predicted molar refractivity (Wildman–Crippen MR) is 85.7 cm³/mol. The van der Waals surface area contributed by atoms with Gasteiger partial charge < -0.3 is 14.5 Å². The Labute approximate surface area is 132 Å². The van der Waals surface area contributed by atoms with Crippen molar-refractivity contribution >= 4 is 6.03 Å². The van der Waals surface area contributed by atoms with Crippen molar-refractivity contribution in [1.29, 1.82) is 0 Å². The molecule has 120 valence electrons. The van der Waals surface area contributed by atoms with Crippen molar-refractivity contribution in [3.8, 4) is 0 Å². The summed E-state index contributed by atoms with van der Waals surface area (Å²) < 4.78 is 5.32. The summed E-state index contributed by atoms with van der Waals surface area (Å²) >= 11 is 0. The Balaban J connectivity index is 1.54. The number of hydrogen-bond donors (Lipinski definition) is 0. The largest absolute Gasteiger partial charge is 0.378 e. The molecule has 2 aliphatic heterocycles. The number of amides is 2. The quantitative estimate of drug-likeness (QED) is 0.833. The van der Waals surface area contributed by atoms with Crippen LogP contribution in [0.15, 0.2) is 30.3 Å². The number of nitrogens with zero attached hydrogens (tertiary/aromatic N) is 3. The number of hydrogen-bond acceptors (Lipinski definition) is 3. The van der Waals surface area contributed by atoms with Crippen molar-refractivity contribution in [2.45, 2.75) is 19.5 Å². The van der Waals surface area contributed by atoms with Crippen LogP contribution in [0.1, 0.15) is 12.5 Å². The molecule has 2 aliphatic rings. The van der Waals surface area contributed by atoms with E-state index >= 15 is 0 Å². The molecule has 22 heavy (non-hydrogen) atoms. The average molecular weight is 303 g/mol. The van der Waals surface area contributed by atoms with E-state index in [0.717, 1.165) is 39.3 Å². The van der Waals surface area contributed by atoms with E-state index in [1.165, 1.54) is 5.56 Å². The van der Waals surface area contributed by atoms with E-state index in [9.17, 15) is 4.79 Å². The smallest absolute Gasteiger partial charge is 0.320 e. The number of ether oxygens (including phenoxy) is 1. The van der Waals surface area contributed by atoms with E-state index in [1.807, 2.05) is 15.9 Å². The summed E-state index contributed by atoms with van der Waals surface area (Å²) in [5, 5.41) is 0. The highest BCUT2D eigenvalue weighted by molar-refractivity contribution is 5.74. The van der Waals surface area contributed by atoms with Crippen molar-refractivity contribution in [2.24, 2.45) is 0 Å². The van der Waals surface area contributed by atoms with Crippen LogP contribution in [0.2, 0.25) is 0 Å². The number of rotatable bonds is 2. The molecule has 0 saturated carbocycles. The third kappa shape index (κ3) is 3.59. The first-order valence-corrected chi connectivity index (χ1v) is 8.13. The minimum Gasteiger partial charge on any atom is -0.378 e. The van der Waals surface area contributed by atoms with Gasteiger partial charge in [0.25, 0.3) is 0 Å². The van der Waals surface area contributed by atoms with E-state index in [2.05, 4.69) is 36.1 Å². The van der Waals surface area contributed by atoms with Gasteiger partial charge in [-0.15, -0.1) is 0 Å². The van der Waals surface area contributed by atoms with Crippen molar-refractivity contribution in [3.05, 3.63) is 35.9 Å². The molecule has 1 aromatic rings. The SMILES string of the molecule is CC1CN(C(=O)N2CCOCC2)CCN1Cc1ccccc1. The number of benzene rings is 1. The second-order valence-electron chi connectivity index (χ2n) is 6.13. The Kier molecular flexibility index (Phi) is 4.95. The van der Waals surface area contributed by atoms with Gasteiger partial charge in [0, 0.05) is 45.3 Å². The minimum absolute atomic E-state index is 0.175. The van der Waals surface area contributed by atoms with Crippen molar-refractivity contribution in [3.63, 3.8) is 0 Å². The monoisotopic (exact) mass is 303 g/mol. The highest BCUT2D eigenvalue weighted by Gasteiger charge is 2.29. The van der Waals surface area contributed by atoms with Crippen LogP contribution >= 0.6 is 0 Å². The standard InChI is InChI=1S/C17H25N3O2/c1-15-13-20(17(21)18-9-11-22-12-10-18)8-7-19(15)14-16-5-3-2-4-6-16/h2-6,15H,7-14H2,1H3. The molecule has 0 aromatic heterocycles. The fraction of sp³-hybridized carbons (Fsp3) is 0.588. The Morgan fingerprint density at radius 3 is 2.50 bits per heavy atom. The third-order valence-corrected chi connectivity index (χ3v) is 4.55. The molecule has 2 heterocycles. The molecule has 1 aromatic carbocycles. The van der Waals surface area contributed by atoms with Crippen LogP contribution < -0.4 is 0 Å². The van der Waals surface area contributed by atoms with Gasteiger partial charge in [-0.1, -0.05) is 30.3 Å². The van der Waals surface area contributed by atoms with Crippen LogP contribution in [-0.4, -0.2) is 72.7 Å². The molecular formula is C17H25N3O2. The lowest BCUT2D eigenvalue weighted by atomic mass is 10.1. The van der Waals surface area contributed by atoms with E-state index in [4.69, 9.17) is 4.74 Å². The minimum atomic E-state index is 0.175. The Morgan fingerprint density at radius 2 is 1.82 bits per heavy atom. The summed E-state index contributed by atoms with van der Waals surface area (Å²) in [6.45, 7) is 8.49. The van der Waals surface area contributed by atoms with Gasteiger partial charge in [0.2, 0.25) is 0 Å².